The van der Waals surface area contributed by atoms with Crippen LogP contribution in [0.2, 0.25) is 0 Å². The number of halogens is 1. The van der Waals surface area contributed by atoms with E-state index in [4.69, 9.17) is 19.5 Å². The zero-order valence-corrected chi connectivity index (χ0v) is 14.9. The van der Waals surface area contributed by atoms with E-state index < -0.39 is 17.9 Å². The van der Waals surface area contributed by atoms with E-state index in [9.17, 15) is 9.18 Å². The number of hydrogen-bond acceptors (Lipinski definition) is 5. The van der Waals surface area contributed by atoms with Gasteiger partial charge in [-0.2, -0.15) is 5.26 Å². The lowest BCUT2D eigenvalue weighted by molar-refractivity contribution is -0.155. The number of hydrogen-bond donors (Lipinski definition) is 0. The summed E-state index contributed by atoms with van der Waals surface area (Å²) in [7, 11) is 0. The molecular weight excluding hydrogens is 337 g/mol. The quantitative estimate of drug-likeness (QED) is 0.678. The molecular formula is C20H20FNO4. The summed E-state index contributed by atoms with van der Waals surface area (Å²) < 4.78 is 30.1. The first-order valence-corrected chi connectivity index (χ1v) is 8.27. The molecule has 2 unspecified atom stereocenters. The highest BCUT2D eigenvalue weighted by molar-refractivity contribution is 5.74. The smallest absolute Gasteiger partial charge is 0.347 e. The second kappa shape index (κ2) is 8.86. The Labute approximate surface area is 151 Å². The average Bonchev–Trinajstić information content (AvgIpc) is 2.64. The fourth-order valence-corrected chi connectivity index (χ4v) is 2.00. The molecule has 0 aliphatic heterocycles. The minimum Gasteiger partial charge on any atom is -0.479 e. The van der Waals surface area contributed by atoms with Crippen LogP contribution < -0.4 is 9.47 Å². The van der Waals surface area contributed by atoms with Crippen molar-refractivity contribution in [3.05, 3.63) is 53.8 Å². The molecule has 2 aromatic rings. The van der Waals surface area contributed by atoms with Crippen LogP contribution in [0.4, 0.5) is 4.39 Å². The van der Waals surface area contributed by atoms with Gasteiger partial charge in [0.25, 0.3) is 0 Å². The lowest BCUT2D eigenvalue weighted by Gasteiger charge is -2.17. The molecule has 0 aliphatic rings. The highest BCUT2D eigenvalue weighted by atomic mass is 19.1. The molecule has 136 valence electrons. The third-order valence-electron chi connectivity index (χ3n) is 3.65. The second-order valence-electron chi connectivity index (χ2n) is 5.75. The third-order valence-corrected chi connectivity index (χ3v) is 3.65. The van der Waals surface area contributed by atoms with Crippen LogP contribution in [0.3, 0.4) is 0 Å². The molecule has 6 heteroatoms. The van der Waals surface area contributed by atoms with E-state index in [0.29, 0.717) is 11.5 Å². The molecule has 0 saturated heterocycles. The monoisotopic (exact) mass is 357 g/mol. The van der Waals surface area contributed by atoms with E-state index in [1.807, 2.05) is 19.9 Å². The zero-order valence-electron chi connectivity index (χ0n) is 14.9. The molecule has 0 N–H and O–H groups in total. The molecule has 0 bridgehead atoms. The topological polar surface area (TPSA) is 68.6 Å². The van der Waals surface area contributed by atoms with E-state index in [1.165, 1.54) is 12.1 Å². The predicted octanol–water partition coefficient (Wildman–Crippen LogP) is 4.60. The molecule has 0 fully saturated rings. The van der Waals surface area contributed by atoms with E-state index in [2.05, 4.69) is 0 Å². The largest absolute Gasteiger partial charge is 0.479 e. The van der Waals surface area contributed by atoms with Gasteiger partial charge in [0.2, 0.25) is 0 Å². The average molecular weight is 357 g/mol. The van der Waals surface area contributed by atoms with Crippen molar-refractivity contribution < 1.29 is 23.4 Å². The first kappa shape index (κ1) is 19.3. The molecule has 0 heterocycles. The van der Waals surface area contributed by atoms with Crippen molar-refractivity contribution in [2.24, 2.45) is 0 Å². The van der Waals surface area contributed by atoms with Crippen LogP contribution in [-0.2, 0) is 9.53 Å². The normalized spacial score (nSPS) is 12.6. The Morgan fingerprint density at radius 1 is 1.15 bits per heavy atom. The van der Waals surface area contributed by atoms with Crippen LogP contribution in [0.25, 0.3) is 0 Å². The second-order valence-corrected chi connectivity index (χ2v) is 5.75. The summed E-state index contributed by atoms with van der Waals surface area (Å²) in [6.07, 6.45) is -0.172. The number of ether oxygens (including phenoxy) is 3. The van der Waals surface area contributed by atoms with Crippen molar-refractivity contribution in [3.8, 4) is 23.3 Å². The van der Waals surface area contributed by atoms with Gasteiger partial charge >= 0.3 is 5.97 Å². The lowest BCUT2D eigenvalue weighted by Crippen LogP contribution is -2.28. The number of nitrogens with zero attached hydrogens (tertiary/aromatic N) is 1. The molecule has 0 saturated carbocycles. The number of rotatable bonds is 7. The van der Waals surface area contributed by atoms with Gasteiger partial charge in [0.15, 0.2) is 17.7 Å². The van der Waals surface area contributed by atoms with E-state index in [0.717, 1.165) is 12.5 Å². The maximum Gasteiger partial charge on any atom is 0.347 e. The summed E-state index contributed by atoms with van der Waals surface area (Å²) in [6, 6.07) is 12.3. The lowest BCUT2D eigenvalue weighted by atomic mass is 10.2. The fourth-order valence-electron chi connectivity index (χ4n) is 2.00. The van der Waals surface area contributed by atoms with Crippen LogP contribution in [0.15, 0.2) is 42.5 Å². The molecule has 2 atom stereocenters. The third kappa shape index (κ3) is 5.21. The number of esters is 1. The number of carbonyl (C=O) groups excluding carboxylic acids is 1. The Bertz CT molecular complexity index is 798. The first-order valence-electron chi connectivity index (χ1n) is 8.27. The van der Waals surface area contributed by atoms with Gasteiger partial charge in [-0.15, -0.1) is 0 Å². The molecule has 0 aromatic heterocycles. The van der Waals surface area contributed by atoms with E-state index >= 15 is 0 Å². The molecule has 0 radical (unpaired) electrons. The molecule has 0 aliphatic carbocycles. The molecule has 5 nitrogen and oxygen atoms in total. The molecule has 0 amide bonds. The van der Waals surface area contributed by atoms with Gasteiger partial charge in [-0.25, -0.2) is 9.18 Å². The number of nitriles is 1. The van der Waals surface area contributed by atoms with Gasteiger partial charge in [-0.3, -0.25) is 0 Å². The van der Waals surface area contributed by atoms with Crippen molar-refractivity contribution in [1.29, 1.82) is 5.26 Å². The van der Waals surface area contributed by atoms with Crippen LogP contribution in [0, 0.1) is 17.1 Å². The summed E-state index contributed by atoms with van der Waals surface area (Å²) in [6.45, 7) is 5.36. The minimum atomic E-state index is -0.744. The minimum absolute atomic E-state index is 0.0168. The number of carbonyl (C=O) groups is 1. The fraction of sp³-hybridized carbons (Fsp3) is 0.300. The Morgan fingerprint density at radius 3 is 2.38 bits per heavy atom. The van der Waals surface area contributed by atoms with Gasteiger partial charge in [-0.05, 0) is 62.7 Å². The zero-order chi connectivity index (χ0) is 19.1. The SMILES string of the molecule is CCC(C)OC(=O)C(C)Oc1ccc(Oc2ccc(C#N)cc2F)cc1. The van der Waals surface area contributed by atoms with Gasteiger partial charge in [0.1, 0.15) is 11.5 Å². The standard InChI is InChI=1S/C20H20FNO4/c1-4-13(2)24-20(23)14(3)25-16-6-8-17(9-7-16)26-19-10-5-15(12-22)11-18(19)21/h5-11,13-14H,4H2,1-3H3. The van der Waals surface area contributed by atoms with Crippen molar-refractivity contribution >= 4 is 5.97 Å². The Hall–Kier alpha value is -3.07. The summed E-state index contributed by atoms with van der Waals surface area (Å²) >= 11 is 0. The summed E-state index contributed by atoms with van der Waals surface area (Å²) in [5, 5.41) is 8.74. The van der Waals surface area contributed by atoms with Crippen molar-refractivity contribution in [2.45, 2.75) is 39.4 Å². The van der Waals surface area contributed by atoms with Crippen molar-refractivity contribution in [2.75, 3.05) is 0 Å². The predicted molar refractivity (Wildman–Crippen MR) is 93.6 cm³/mol. The molecule has 2 rings (SSSR count). The van der Waals surface area contributed by atoms with E-state index in [-0.39, 0.29) is 17.4 Å². The van der Waals surface area contributed by atoms with Gasteiger partial charge in [-0.1, -0.05) is 6.92 Å². The van der Waals surface area contributed by atoms with Crippen LogP contribution >= 0.6 is 0 Å². The van der Waals surface area contributed by atoms with Crippen LogP contribution in [0.1, 0.15) is 32.8 Å². The van der Waals surface area contributed by atoms with E-state index in [1.54, 1.807) is 31.2 Å². The van der Waals surface area contributed by atoms with Gasteiger partial charge in [0.05, 0.1) is 17.7 Å². The maximum atomic E-state index is 13.8. The Balaban J connectivity index is 1.98. The summed E-state index contributed by atoms with van der Waals surface area (Å²) in [5.74, 6) is -0.171. The van der Waals surface area contributed by atoms with Crippen LogP contribution in [-0.4, -0.2) is 18.2 Å². The van der Waals surface area contributed by atoms with Crippen LogP contribution in [0.5, 0.6) is 17.2 Å². The van der Waals surface area contributed by atoms with Crippen molar-refractivity contribution in [1.82, 2.24) is 0 Å². The maximum absolute atomic E-state index is 13.8. The highest BCUT2D eigenvalue weighted by Crippen LogP contribution is 2.27. The number of benzene rings is 2. The Morgan fingerprint density at radius 2 is 1.81 bits per heavy atom. The Kier molecular flexibility index (Phi) is 6.56. The molecule has 26 heavy (non-hydrogen) atoms. The van der Waals surface area contributed by atoms with Gasteiger partial charge < -0.3 is 14.2 Å². The summed E-state index contributed by atoms with van der Waals surface area (Å²) in [4.78, 5) is 11.9. The summed E-state index contributed by atoms with van der Waals surface area (Å²) in [5.41, 5.74) is 0.219. The first-order chi connectivity index (χ1) is 12.4. The molecule has 0 spiro atoms. The molecule has 2 aromatic carbocycles. The van der Waals surface area contributed by atoms with Gasteiger partial charge in [0, 0.05) is 0 Å². The van der Waals surface area contributed by atoms with Crippen molar-refractivity contribution in [3.63, 3.8) is 0 Å². The highest BCUT2D eigenvalue weighted by Gasteiger charge is 2.18.